The van der Waals surface area contributed by atoms with Gasteiger partial charge >= 0.3 is 0 Å². The Morgan fingerprint density at radius 1 is 1.24 bits per heavy atom. The molecule has 2 heterocycles. The lowest BCUT2D eigenvalue weighted by Gasteiger charge is -2.30. The van der Waals surface area contributed by atoms with Gasteiger partial charge in [-0.2, -0.15) is 0 Å². The fraction of sp³-hybridized carbons (Fsp3) is 0.154. The van der Waals surface area contributed by atoms with Crippen molar-refractivity contribution in [3.8, 4) is 0 Å². The second-order valence-electron chi connectivity index (χ2n) is 4.45. The quantitative estimate of drug-likeness (QED) is 0.673. The number of thiophene rings is 1. The number of benzene rings is 1. The Labute approximate surface area is 131 Å². The summed E-state index contributed by atoms with van der Waals surface area (Å²) in [4.78, 5) is 0. The number of hydrogen-bond acceptors (Lipinski definition) is 5. The summed E-state index contributed by atoms with van der Waals surface area (Å²) in [5.41, 5.74) is 1.62. The molecule has 8 heteroatoms. The van der Waals surface area contributed by atoms with Gasteiger partial charge in [0.15, 0.2) is 0 Å². The van der Waals surface area contributed by atoms with E-state index in [2.05, 4.69) is 5.16 Å². The highest BCUT2D eigenvalue weighted by Gasteiger charge is 2.32. The highest BCUT2D eigenvalue weighted by atomic mass is 35.5. The Morgan fingerprint density at radius 2 is 2.00 bits per heavy atom. The van der Waals surface area contributed by atoms with Gasteiger partial charge in [-0.05, 0) is 18.2 Å². The number of para-hydroxylation sites is 1. The van der Waals surface area contributed by atoms with Crippen molar-refractivity contribution in [2.75, 3.05) is 10.8 Å². The molecule has 0 amide bonds. The van der Waals surface area contributed by atoms with E-state index in [0.717, 1.165) is 11.3 Å². The average molecular weight is 343 g/mol. The highest BCUT2D eigenvalue weighted by molar-refractivity contribution is 7.94. The summed E-state index contributed by atoms with van der Waals surface area (Å²) in [6.45, 7) is 0.230. The maximum atomic E-state index is 12.7. The number of fused-ring (bicyclic) bond motifs is 1. The molecule has 110 valence electrons. The van der Waals surface area contributed by atoms with Gasteiger partial charge < -0.3 is 5.21 Å². The van der Waals surface area contributed by atoms with Crippen LogP contribution < -0.4 is 4.31 Å². The Hall–Kier alpha value is -1.57. The summed E-state index contributed by atoms with van der Waals surface area (Å²) in [6, 6.07) is 10.0. The molecular formula is C13H11ClN2O3S2. The van der Waals surface area contributed by atoms with E-state index in [4.69, 9.17) is 16.8 Å². The van der Waals surface area contributed by atoms with Crippen LogP contribution in [-0.4, -0.2) is 25.9 Å². The van der Waals surface area contributed by atoms with Crippen LogP contribution in [0.15, 0.2) is 45.8 Å². The summed E-state index contributed by atoms with van der Waals surface area (Å²) in [5.74, 6) is 0. The van der Waals surface area contributed by atoms with Crippen molar-refractivity contribution in [3.05, 3.63) is 46.3 Å². The second kappa shape index (κ2) is 5.32. The monoisotopic (exact) mass is 342 g/mol. The van der Waals surface area contributed by atoms with Crippen LogP contribution in [0, 0.1) is 0 Å². The van der Waals surface area contributed by atoms with Crippen molar-refractivity contribution in [3.63, 3.8) is 0 Å². The minimum atomic E-state index is -3.66. The first-order valence-electron chi connectivity index (χ1n) is 6.12. The molecule has 0 radical (unpaired) electrons. The van der Waals surface area contributed by atoms with Gasteiger partial charge in [-0.1, -0.05) is 35.0 Å². The van der Waals surface area contributed by atoms with E-state index in [0.29, 0.717) is 27.7 Å². The molecule has 1 N–H and O–H groups in total. The van der Waals surface area contributed by atoms with Gasteiger partial charge in [0.05, 0.1) is 15.7 Å². The third kappa shape index (κ3) is 2.41. The van der Waals surface area contributed by atoms with Crippen LogP contribution in [0.3, 0.4) is 0 Å². The smallest absolute Gasteiger partial charge is 0.273 e. The van der Waals surface area contributed by atoms with E-state index in [9.17, 15) is 8.42 Å². The predicted molar refractivity (Wildman–Crippen MR) is 83.2 cm³/mol. The molecule has 0 aliphatic carbocycles. The molecule has 5 nitrogen and oxygen atoms in total. The number of halogens is 1. The van der Waals surface area contributed by atoms with E-state index in [1.54, 1.807) is 30.3 Å². The molecule has 0 bridgehead atoms. The fourth-order valence-corrected chi connectivity index (χ4v) is 5.38. The summed E-state index contributed by atoms with van der Waals surface area (Å²) < 4.78 is 27.4. The first-order valence-corrected chi connectivity index (χ1v) is 8.76. The molecule has 1 aromatic carbocycles. The molecule has 0 atom stereocenters. The number of sulfonamides is 1. The fourth-order valence-electron chi connectivity index (χ4n) is 2.30. The summed E-state index contributed by atoms with van der Waals surface area (Å²) >= 11 is 6.86. The molecule has 0 unspecified atom stereocenters. The largest absolute Gasteiger partial charge is 0.411 e. The zero-order chi connectivity index (χ0) is 15.0. The van der Waals surface area contributed by atoms with Crippen LogP contribution in [0.2, 0.25) is 4.34 Å². The van der Waals surface area contributed by atoms with Crippen molar-refractivity contribution in [1.82, 2.24) is 0 Å². The number of anilines is 1. The summed E-state index contributed by atoms with van der Waals surface area (Å²) in [5, 5.41) is 12.3. The Morgan fingerprint density at radius 3 is 2.67 bits per heavy atom. The first-order chi connectivity index (χ1) is 10.0. The lowest BCUT2D eigenvalue weighted by molar-refractivity contribution is 0.318. The van der Waals surface area contributed by atoms with Crippen LogP contribution in [0.1, 0.15) is 12.0 Å². The Balaban J connectivity index is 2.12. The maximum absolute atomic E-state index is 12.7. The van der Waals surface area contributed by atoms with Crippen molar-refractivity contribution in [2.24, 2.45) is 5.16 Å². The number of oxime groups is 1. The van der Waals surface area contributed by atoms with Gasteiger partial charge in [0.25, 0.3) is 10.0 Å². The number of nitrogens with zero attached hydrogens (tertiary/aromatic N) is 2. The van der Waals surface area contributed by atoms with Gasteiger partial charge in [-0.3, -0.25) is 4.31 Å². The van der Waals surface area contributed by atoms with Crippen molar-refractivity contribution in [2.45, 2.75) is 10.6 Å². The maximum Gasteiger partial charge on any atom is 0.273 e. The normalized spacial score (nSPS) is 17.0. The van der Waals surface area contributed by atoms with Crippen LogP contribution in [0.25, 0.3) is 0 Å². The lowest BCUT2D eigenvalue weighted by atomic mass is 10.0. The van der Waals surface area contributed by atoms with Crippen molar-refractivity contribution < 1.29 is 13.6 Å². The molecule has 0 fully saturated rings. The zero-order valence-corrected chi connectivity index (χ0v) is 13.1. The van der Waals surface area contributed by atoms with Gasteiger partial charge in [-0.25, -0.2) is 8.42 Å². The van der Waals surface area contributed by atoms with Gasteiger partial charge in [0, 0.05) is 18.5 Å². The number of rotatable bonds is 2. The van der Waals surface area contributed by atoms with Gasteiger partial charge in [-0.15, -0.1) is 11.3 Å². The lowest BCUT2D eigenvalue weighted by Crippen LogP contribution is -2.37. The second-order valence-corrected chi connectivity index (χ2v) is 8.25. The number of hydrogen-bond donors (Lipinski definition) is 1. The van der Waals surface area contributed by atoms with E-state index in [1.807, 2.05) is 0 Å². The minimum absolute atomic E-state index is 0.201. The highest BCUT2D eigenvalue weighted by Crippen LogP contribution is 2.35. The van der Waals surface area contributed by atoms with Gasteiger partial charge in [0.2, 0.25) is 0 Å². The van der Waals surface area contributed by atoms with E-state index >= 15 is 0 Å². The SMILES string of the molecule is O=S(=O)(c1ccc(Cl)s1)N1CCC(=NO)c2ccccc21. The van der Waals surface area contributed by atoms with Crippen LogP contribution in [0.5, 0.6) is 0 Å². The van der Waals surface area contributed by atoms with Crippen LogP contribution in [-0.2, 0) is 10.0 Å². The third-order valence-corrected chi connectivity index (χ3v) is 6.76. The predicted octanol–water partition coefficient (Wildman–Crippen LogP) is 3.18. The Kier molecular flexibility index (Phi) is 3.64. The van der Waals surface area contributed by atoms with E-state index in [1.165, 1.54) is 10.4 Å². The molecule has 2 aromatic rings. The molecule has 0 spiro atoms. The third-order valence-electron chi connectivity index (χ3n) is 3.25. The van der Waals surface area contributed by atoms with E-state index < -0.39 is 10.0 Å². The molecule has 3 rings (SSSR count). The van der Waals surface area contributed by atoms with Crippen molar-refractivity contribution >= 4 is 44.4 Å². The summed E-state index contributed by atoms with van der Waals surface area (Å²) in [6.07, 6.45) is 0.353. The minimum Gasteiger partial charge on any atom is -0.411 e. The first kappa shape index (κ1) is 14.4. The average Bonchev–Trinajstić information content (AvgIpc) is 2.93. The topological polar surface area (TPSA) is 70.0 Å². The van der Waals surface area contributed by atoms with Gasteiger partial charge in [0.1, 0.15) is 4.21 Å². The standard InChI is InChI=1S/C13H11ClN2O3S2/c14-12-5-6-13(20-12)21(18,19)16-8-7-10(15-17)9-3-1-2-4-11(9)16/h1-6,17H,7-8H2. The molecule has 21 heavy (non-hydrogen) atoms. The summed E-state index contributed by atoms with van der Waals surface area (Å²) in [7, 11) is -3.66. The van der Waals surface area contributed by atoms with Crippen LogP contribution >= 0.6 is 22.9 Å². The molecule has 1 aliphatic heterocycles. The molecule has 1 aromatic heterocycles. The molecule has 0 saturated carbocycles. The molecular weight excluding hydrogens is 332 g/mol. The van der Waals surface area contributed by atoms with Crippen LogP contribution in [0.4, 0.5) is 5.69 Å². The molecule has 0 saturated heterocycles. The van der Waals surface area contributed by atoms with Crippen molar-refractivity contribution in [1.29, 1.82) is 0 Å². The Bertz CT molecular complexity index is 814. The zero-order valence-electron chi connectivity index (χ0n) is 10.7. The molecule has 1 aliphatic rings. The van der Waals surface area contributed by atoms with E-state index in [-0.39, 0.29) is 10.8 Å².